The molecule has 0 spiro atoms. The minimum Gasteiger partial charge on any atom is -0.497 e. The van der Waals surface area contributed by atoms with E-state index in [4.69, 9.17) is 9.47 Å². The predicted octanol–water partition coefficient (Wildman–Crippen LogP) is 3.96. The summed E-state index contributed by atoms with van der Waals surface area (Å²) in [6.45, 7) is 1.91. The molecule has 3 rings (SSSR count). The molecule has 156 valence electrons. The first-order chi connectivity index (χ1) is 14.5. The van der Waals surface area contributed by atoms with Gasteiger partial charge in [-0.15, -0.1) is 0 Å². The molecule has 0 aliphatic rings. The van der Waals surface area contributed by atoms with E-state index in [1.165, 1.54) is 17.8 Å². The zero-order chi connectivity index (χ0) is 21.5. The third-order valence-electron chi connectivity index (χ3n) is 4.39. The van der Waals surface area contributed by atoms with Crippen molar-refractivity contribution in [3.63, 3.8) is 0 Å². The number of H-pyrrole nitrogens is 1. The lowest BCUT2D eigenvalue weighted by Crippen LogP contribution is -2.25. The summed E-state index contributed by atoms with van der Waals surface area (Å²) in [5.74, 6) is 1.11. The van der Waals surface area contributed by atoms with Crippen molar-refractivity contribution < 1.29 is 14.3 Å². The van der Waals surface area contributed by atoms with Crippen molar-refractivity contribution in [1.29, 1.82) is 0 Å². The van der Waals surface area contributed by atoms with Crippen LogP contribution in [0.25, 0.3) is 11.3 Å². The molecule has 0 bridgehead atoms. The number of methoxy groups -OCH3 is 2. The second-order valence-electron chi connectivity index (χ2n) is 6.37. The normalized spacial score (nSPS) is 11.6. The van der Waals surface area contributed by atoms with Crippen LogP contribution in [-0.2, 0) is 4.79 Å². The summed E-state index contributed by atoms with van der Waals surface area (Å²) >= 11 is 1.22. The summed E-state index contributed by atoms with van der Waals surface area (Å²) in [5, 5.41) is 2.83. The molecule has 1 atom stereocenters. The lowest BCUT2D eigenvalue weighted by atomic mass is 10.1. The maximum absolute atomic E-state index is 12.8. The average molecular weight is 426 g/mol. The molecule has 1 aromatic heterocycles. The Kier molecular flexibility index (Phi) is 7.13. The molecule has 0 saturated heterocycles. The van der Waals surface area contributed by atoms with Gasteiger partial charge in [-0.3, -0.25) is 9.59 Å². The Morgan fingerprint density at radius 1 is 1.13 bits per heavy atom. The molecule has 2 aromatic carbocycles. The van der Waals surface area contributed by atoms with Crippen molar-refractivity contribution in [2.75, 3.05) is 19.5 Å². The van der Waals surface area contributed by atoms with Crippen molar-refractivity contribution >= 4 is 23.4 Å². The SMILES string of the molecule is CCC(Sc1nc(-c2ccc(OC)cc2)cc(=O)[nH]1)C(=O)Nc1ccccc1OC. The molecule has 1 amide bonds. The minimum atomic E-state index is -0.441. The van der Waals surface area contributed by atoms with Crippen LogP contribution in [0.2, 0.25) is 0 Å². The first-order valence-corrected chi connectivity index (χ1v) is 10.3. The highest BCUT2D eigenvalue weighted by atomic mass is 32.2. The van der Waals surface area contributed by atoms with Gasteiger partial charge in [0.1, 0.15) is 11.5 Å². The molecule has 0 aliphatic heterocycles. The highest BCUT2D eigenvalue weighted by Crippen LogP contribution is 2.28. The van der Waals surface area contributed by atoms with E-state index in [1.807, 2.05) is 31.2 Å². The van der Waals surface area contributed by atoms with Gasteiger partial charge in [0, 0.05) is 11.6 Å². The Labute approximate surface area is 178 Å². The van der Waals surface area contributed by atoms with Gasteiger partial charge in [-0.25, -0.2) is 4.98 Å². The summed E-state index contributed by atoms with van der Waals surface area (Å²) < 4.78 is 10.5. The van der Waals surface area contributed by atoms with Gasteiger partial charge in [-0.1, -0.05) is 30.8 Å². The van der Waals surface area contributed by atoms with Crippen LogP contribution in [0.4, 0.5) is 5.69 Å². The van der Waals surface area contributed by atoms with Crippen molar-refractivity contribution in [1.82, 2.24) is 9.97 Å². The maximum atomic E-state index is 12.8. The van der Waals surface area contributed by atoms with Crippen LogP contribution in [-0.4, -0.2) is 35.3 Å². The van der Waals surface area contributed by atoms with E-state index in [0.717, 1.165) is 11.3 Å². The topological polar surface area (TPSA) is 93.3 Å². The van der Waals surface area contributed by atoms with E-state index in [0.29, 0.717) is 28.7 Å². The van der Waals surface area contributed by atoms with Crippen molar-refractivity contribution in [2.45, 2.75) is 23.8 Å². The van der Waals surface area contributed by atoms with Crippen LogP contribution in [0.15, 0.2) is 64.5 Å². The van der Waals surface area contributed by atoms with Crippen LogP contribution in [0, 0.1) is 0 Å². The molecule has 8 heteroatoms. The number of ether oxygens (including phenoxy) is 2. The number of nitrogens with one attached hydrogen (secondary N) is 2. The molecule has 0 saturated carbocycles. The second kappa shape index (κ2) is 9.98. The zero-order valence-corrected chi connectivity index (χ0v) is 17.8. The van der Waals surface area contributed by atoms with Crippen molar-refractivity contribution in [3.05, 3.63) is 65.0 Å². The molecule has 7 nitrogen and oxygen atoms in total. The molecule has 1 heterocycles. The Morgan fingerprint density at radius 3 is 2.53 bits per heavy atom. The minimum absolute atomic E-state index is 0.190. The van der Waals surface area contributed by atoms with Crippen molar-refractivity contribution in [3.8, 4) is 22.8 Å². The number of carbonyl (C=O) groups is 1. The standard InChI is InChI=1S/C22H23N3O4S/c1-4-19(21(27)23-16-7-5-6-8-18(16)29-3)30-22-24-17(13-20(26)25-22)14-9-11-15(28-2)12-10-14/h5-13,19H,4H2,1-3H3,(H,23,27)(H,24,25,26). The number of anilines is 1. The van der Waals surface area contributed by atoms with E-state index in [-0.39, 0.29) is 11.5 Å². The van der Waals surface area contributed by atoms with Crippen LogP contribution >= 0.6 is 11.8 Å². The molecule has 0 radical (unpaired) electrons. The predicted molar refractivity (Wildman–Crippen MR) is 118 cm³/mol. The number of para-hydroxylation sites is 2. The summed E-state index contributed by atoms with van der Waals surface area (Å²) in [4.78, 5) is 32.2. The first kappa shape index (κ1) is 21.4. The Balaban J connectivity index is 1.80. The summed E-state index contributed by atoms with van der Waals surface area (Å²) in [7, 11) is 3.15. The van der Waals surface area contributed by atoms with Gasteiger partial charge in [0.15, 0.2) is 5.16 Å². The summed E-state index contributed by atoms with van der Waals surface area (Å²) in [6, 6.07) is 15.9. The Bertz CT molecular complexity index is 1070. The van der Waals surface area contributed by atoms with Gasteiger partial charge >= 0.3 is 0 Å². The maximum Gasteiger partial charge on any atom is 0.252 e. The summed E-state index contributed by atoms with van der Waals surface area (Å²) in [6.07, 6.45) is 0.558. The number of aromatic amines is 1. The third-order valence-corrected chi connectivity index (χ3v) is 5.64. The summed E-state index contributed by atoms with van der Waals surface area (Å²) in [5.41, 5.74) is 1.63. The first-order valence-electron chi connectivity index (χ1n) is 9.40. The number of nitrogens with zero attached hydrogens (tertiary/aromatic N) is 1. The molecule has 0 fully saturated rings. The van der Waals surface area contributed by atoms with Gasteiger partial charge in [0.05, 0.1) is 30.9 Å². The van der Waals surface area contributed by atoms with Gasteiger partial charge in [0.2, 0.25) is 5.91 Å². The lowest BCUT2D eigenvalue weighted by Gasteiger charge is -2.16. The number of amides is 1. The molecule has 0 aliphatic carbocycles. The third kappa shape index (κ3) is 5.21. The largest absolute Gasteiger partial charge is 0.497 e. The fourth-order valence-electron chi connectivity index (χ4n) is 2.82. The van der Waals surface area contributed by atoms with E-state index >= 15 is 0 Å². The van der Waals surface area contributed by atoms with Gasteiger partial charge in [0.25, 0.3) is 5.56 Å². The Hall–Kier alpha value is -3.26. The fraction of sp³-hybridized carbons (Fsp3) is 0.227. The van der Waals surface area contributed by atoms with E-state index < -0.39 is 5.25 Å². The second-order valence-corrected chi connectivity index (χ2v) is 7.56. The number of hydrogen-bond donors (Lipinski definition) is 2. The molecular formula is C22H23N3O4S. The molecule has 1 unspecified atom stereocenters. The zero-order valence-electron chi connectivity index (χ0n) is 17.0. The van der Waals surface area contributed by atoms with Crippen LogP contribution in [0.1, 0.15) is 13.3 Å². The molecular weight excluding hydrogens is 402 g/mol. The number of thioether (sulfide) groups is 1. The van der Waals surface area contributed by atoms with Gasteiger partial charge in [-0.05, 0) is 42.8 Å². The van der Waals surface area contributed by atoms with Gasteiger partial charge < -0.3 is 19.8 Å². The fourth-order valence-corrected chi connectivity index (χ4v) is 3.73. The number of carbonyl (C=O) groups excluding carboxylic acids is 1. The molecule has 30 heavy (non-hydrogen) atoms. The van der Waals surface area contributed by atoms with Gasteiger partial charge in [-0.2, -0.15) is 0 Å². The highest BCUT2D eigenvalue weighted by Gasteiger charge is 2.21. The number of hydrogen-bond acceptors (Lipinski definition) is 6. The van der Waals surface area contributed by atoms with Crippen LogP contribution < -0.4 is 20.3 Å². The monoisotopic (exact) mass is 425 g/mol. The Morgan fingerprint density at radius 2 is 1.87 bits per heavy atom. The lowest BCUT2D eigenvalue weighted by molar-refractivity contribution is -0.115. The van der Waals surface area contributed by atoms with Crippen LogP contribution in [0.5, 0.6) is 11.5 Å². The van der Waals surface area contributed by atoms with E-state index in [2.05, 4.69) is 15.3 Å². The quantitative estimate of drug-likeness (QED) is 0.419. The molecule has 2 N–H and O–H groups in total. The highest BCUT2D eigenvalue weighted by molar-refractivity contribution is 8.00. The number of aromatic nitrogens is 2. The van der Waals surface area contributed by atoms with Crippen molar-refractivity contribution in [2.24, 2.45) is 0 Å². The number of rotatable bonds is 8. The van der Waals surface area contributed by atoms with Crippen LogP contribution in [0.3, 0.4) is 0 Å². The van der Waals surface area contributed by atoms with E-state index in [9.17, 15) is 9.59 Å². The van der Waals surface area contributed by atoms with E-state index in [1.54, 1.807) is 38.5 Å². The molecule has 3 aromatic rings. The average Bonchev–Trinajstić information content (AvgIpc) is 2.77. The number of benzene rings is 2. The smallest absolute Gasteiger partial charge is 0.252 e.